The Kier molecular flexibility index (Phi) is 7.75. The molecule has 0 unspecified atom stereocenters. The number of ether oxygens (including phenoxy) is 7. The Hall–Kier alpha value is -0.280. The molecular weight excluding hydrogens is 364 g/mol. The summed E-state index contributed by atoms with van der Waals surface area (Å²) in [4.78, 5) is 0. The maximum Gasteiger partial charge on any atom is 0.190 e. The van der Waals surface area contributed by atoms with Crippen LogP contribution in [-0.4, -0.2) is 69.2 Å². The molecule has 3 rings (SSSR count). The molecule has 0 saturated carbocycles. The van der Waals surface area contributed by atoms with Crippen molar-refractivity contribution in [2.24, 2.45) is 0 Å². The van der Waals surface area contributed by atoms with Gasteiger partial charge >= 0.3 is 0 Å². The smallest absolute Gasteiger partial charge is 0.190 e. The van der Waals surface area contributed by atoms with Crippen molar-refractivity contribution in [2.75, 3.05) is 26.9 Å². The zero-order chi connectivity index (χ0) is 20.2. The summed E-state index contributed by atoms with van der Waals surface area (Å²) in [5, 5.41) is 0. The predicted molar refractivity (Wildman–Crippen MR) is 103 cm³/mol. The number of hydrogen-bond acceptors (Lipinski definition) is 7. The Morgan fingerprint density at radius 2 is 1.29 bits per heavy atom. The molecule has 5 atom stereocenters. The van der Waals surface area contributed by atoms with E-state index in [-0.39, 0.29) is 24.4 Å². The molecule has 3 aliphatic rings. The minimum absolute atomic E-state index is 0.191. The molecule has 0 amide bonds. The van der Waals surface area contributed by atoms with Crippen molar-refractivity contribution in [3.8, 4) is 0 Å². The molecule has 0 aromatic heterocycles. The van der Waals surface area contributed by atoms with E-state index in [4.69, 9.17) is 33.2 Å². The van der Waals surface area contributed by atoms with Gasteiger partial charge in [0.15, 0.2) is 17.9 Å². The van der Waals surface area contributed by atoms with Gasteiger partial charge in [-0.2, -0.15) is 0 Å². The minimum Gasteiger partial charge on any atom is -0.385 e. The van der Waals surface area contributed by atoms with E-state index >= 15 is 0 Å². The Morgan fingerprint density at radius 1 is 0.679 bits per heavy atom. The normalized spacial score (nSPS) is 35.7. The number of rotatable bonds is 11. The quantitative estimate of drug-likeness (QED) is 0.491. The number of fused-ring (bicyclic) bond motifs is 3. The SMILES string of the molecule is COCCCCCCCCOC[C@H]1OC(C)(C)O[C@@H]2[C@H]3OC(C)(C)O[C@H]3O[C@@H]21. The molecule has 3 heterocycles. The lowest BCUT2D eigenvalue weighted by atomic mass is 10.0. The molecule has 7 nitrogen and oxygen atoms in total. The van der Waals surface area contributed by atoms with E-state index in [0.29, 0.717) is 6.61 Å². The first-order valence-electron chi connectivity index (χ1n) is 10.7. The molecule has 3 aliphatic heterocycles. The first-order valence-corrected chi connectivity index (χ1v) is 10.7. The third kappa shape index (κ3) is 5.88. The highest BCUT2D eigenvalue weighted by Crippen LogP contribution is 2.44. The number of unbranched alkanes of at least 4 members (excludes halogenated alkanes) is 5. The molecule has 7 heteroatoms. The first kappa shape index (κ1) is 22.4. The fraction of sp³-hybridized carbons (Fsp3) is 1.00. The molecule has 164 valence electrons. The maximum atomic E-state index is 6.12. The van der Waals surface area contributed by atoms with E-state index in [1.54, 1.807) is 7.11 Å². The monoisotopic (exact) mass is 402 g/mol. The van der Waals surface area contributed by atoms with E-state index in [1.807, 2.05) is 27.7 Å². The Balaban J connectivity index is 1.37. The standard InChI is InChI=1S/C21H38O7/c1-20(2)25-15(14-23-13-11-9-7-6-8-10-12-22-5)16-17(26-20)18-19(24-16)28-21(3,4)27-18/h15-19H,6-14H2,1-5H3/t15-,16-,17+,18-,19-/m1/s1. The lowest BCUT2D eigenvalue weighted by Crippen LogP contribution is -2.57. The second-order valence-corrected chi connectivity index (χ2v) is 8.90. The highest BCUT2D eigenvalue weighted by Gasteiger charge is 2.61. The van der Waals surface area contributed by atoms with Gasteiger partial charge in [0.05, 0.1) is 6.61 Å². The van der Waals surface area contributed by atoms with Crippen LogP contribution < -0.4 is 0 Å². The molecular formula is C21H38O7. The van der Waals surface area contributed by atoms with Gasteiger partial charge in [-0.1, -0.05) is 25.7 Å². The van der Waals surface area contributed by atoms with Crippen LogP contribution in [0.1, 0.15) is 66.2 Å². The molecule has 3 saturated heterocycles. The molecule has 0 aliphatic carbocycles. The van der Waals surface area contributed by atoms with Gasteiger partial charge in [-0.05, 0) is 40.5 Å². The van der Waals surface area contributed by atoms with Gasteiger partial charge in [-0.3, -0.25) is 0 Å². The summed E-state index contributed by atoms with van der Waals surface area (Å²) >= 11 is 0. The minimum atomic E-state index is -0.703. The van der Waals surface area contributed by atoms with E-state index in [9.17, 15) is 0 Å². The molecule has 0 aromatic carbocycles. The van der Waals surface area contributed by atoms with E-state index < -0.39 is 17.9 Å². The van der Waals surface area contributed by atoms with Crippen LogP contribution in [0.2, 0.25) is 0 Å². The van der Waals surface area contributed by atoms with Crippen molar-refractivity contribution in [1.82, 2.24) is 0 Å². The van der Waals surface area contributed by atoms with Crippen molar-refractivity contribution < 1.29 is 33.2 Å². The average Bonchev–Trinajstić information content (AvgIpc) is 3.08. The Labute approximate surface area is 169 Å². The molecule has 0 spiro atoms. The highest BCUT2D eigenvalue weighted by molar-refractivity contribution is 5.00. The van der Waals surface area contributed by atoms with Crippen LogP contribution in [0, 0.1) is 0 Å². The highest BCUT2D eigenvalue weighted by atomic mass is 16.9. The van der Waals surface area contributed by atoms with Crippen LogP contribution in [-0.2, 0) is 33.2 Å². The Morgan fingerprint density at radius 3 is 2.00 bits per heavy atom. The van der Waals surface area contributed by atoms with Gasteiger partial charge in [-0.15, -0.1) is 0 Å². The summed E-state index contributed by atoms with van der Waals surface area (Å²) in [6.45, 7) is 9.74. The number of methoxy groups -OCH3 is 1. The van der Waals surface area contributed by atoms with Gasteiger partial charge in [0, 0.05) is 20.3 Å². The molecule has 0 aromatic rings. The lowest BCUT2D eigenvalue weighted by Gasteiger charge is -2.43. The topological polar surface area (TPSA) is 64.6 Å². The molecule has 0 radical (unpaired) electrons. The van der Waals surface area contributed by atoms with Gasteiger partial charge in [0.25, 0.3) is 0 Å². The van der Waals surface area contributed by atoms with E-state index in [0.717, 1.165) is 26.1 Å². The number of hydrogen-bond donors (Lipinski definition) is 0. The summed E-state index contributed by atoms with van der Waals surface area (Å²) in [5.41, 5.74) is 0. The van der Waals surface area contributed by atoms with Crippen LogP contribution in [0.4, 0.5) is 0 Å². The fourth-order valence-corrected chi connectivity index (χ4v) is 4.21. The van der Waals surface area contributed by atoms with Crippen molar-refractivity contribution >= 4 is 0 Å². The maximum absolute atomic E-state index is 6.12. The van der Waals surface area contributed by atoms with Crippen molar-refractivity contribution in [3.63, 3.8) is 0 Å². The van der Waals surface area contributed by atoms with Crippen molar-refractivity contribution in [2.45, 2.75) is 108 Å². The first-order chi connectivity index (χ1) is 13.3. The lowest BCUT2D eigenvalue weighted by molar-refractivity contribution is -0.348. The summed E-state index contributed by atoms with van der Waals surface area (Å²) in [6, 6.07) is 0. The Bertz CT molecular complexity index is 481. The molecule has 0 N–H and O–H groups in total. The zero-order valence-electron chi connectivity index (χ0n) is 18.1. The van der Waals surface area contributed by atoms with Crippen LogP contribution in [0.25, 0.3) is 0 Å². The fourth-order valence-electron chi connectivity index (χ4n) is 4.21. The van der Waals surface area contributed by atoms with Crippen LogP contribution in [0.3, 0.4) is 0 Å². The zero-order valence-corrected chi connectivity index (χ0v) is 18.1. The van der Waals surface area contributed by atoms with Crippen molar-refractivity contribution in [3.05, 3.63) is 0 Å². The average molecular weight is 403 g/mol. The predicted octanol–water partition coefficient (Wildman–Crippen LogP) is 3.39. The van der Waals surface area contributed by atoms with Gasteiger partial charge in [0.1, 0.15) is 24.4 Å². The molecule has 0 bridgehead atoms. The molecule has 3 fully saturated rings. The van der Waals surface area contributed by atoms with Gasteiger partial charge in [-0.25, -0.2) is 0 Å². The van der Waals surface area contributed by atoms with Gasteiger partial charge < -0.3 is 33.2 Å². The van der Waals surface area contributed by atoms with Crippen LogP contribution in [0.5, 0.6) is 0 Å². The van der Waals surface area contributed by atoms with Crippen molar-refractivity contribution in [1.29, 1.82) is 0 Å². The van der Waals surface area contributed by atoms with Crippen LogP contribution >= 0.6 is 0 Å². The third-order valence-corrected chi connectivity index (χ3v) is 5.42. The van der Waals surface area contributed by atoms with Gasteiger partial charge in [0.2, 0.25) is 0 Å². The summed E-state index contributed by atoms with van der Waals surface area (Å²) in [7, 11) is 1.76. The third-order valence-electron chi connectivity index (χ3n) is 5.42. The van der Waals surface area contributed by atoms with E-state index in [1.165, 1.54) is 25.7 Å². The van der Waals surface area contributed by atoms with Crippen LogP contribution in [0.15, 0.2) is 0 Å². The largest absolute Gasteiger partial charge is 0.385 e. The molecule has 28 heavy (non-hydrogen) atoms. The summed E-state index contributed by atoms with van der Waals surface area (Å²) in [6.07, 6.45) is 5.87. The van der Waals surface area contributed by atoms with E-state index in [2.05, 4.69) is 0 Å². The second-order valence-electron chi connectivity index (χ2n) is 8.90. The second kappa shape index (κ2) is 9.69. The summed E-state index contributed by atoms with van der Waals surface area (Å²) < 4.78 is 41.2. The summed E-state index contributed by atoms with van der Waals surface area (Å²) in [5.74, 6) is -1.35.